The van der Waals surface area contributed by atoms with Gasteiger partial charge in [-0.25, -0.2) is 0 Å². The van der Waals surface area contributed by atoms with E-state index >= 15 is 0 Å². The van der Waals surface area contributed by atoms with E-state index in [2.05, 4.69) is 12.2 Å². The normalized spacial score (nSPS) is 10.2. The third-order valence-corrected chi connectivity index (χ3v) is 2.38. The van der Waals surface area contributed by atoms with Crippen LogP contribution in [-0.2, 0) is 6.54 Å². The number of nitrogens with one attached hydrogen (secondary N) is 1. The van der Waals surface area contributed by atoms with Gasteiger partial charge in [-0.3, -0.25) is 0 Å². The Morgan fingerprint density at radius 3 is 2.82 bits per heavy atom. The minimum absolute atomic E-state index is 0.666. The number of para-hydroxylation sites is 2. The fraction of sp³-hybridized carbons (Fsp3) is 0.286. The molecule has 1 N–H and O–H groups in total. The summed E-state index contributed by atoms with van der Waals surface area (Å²) in [6.07, 6.45) is 2.68. The molecule has 0 unspecified atom stereocenters. The van der Waals surface area contributed by atoms with E-state index in [1.807, 2.05) is 36.4 Å². The summed E-state index contributed by atoms with van der Waals surface area (Å²) in [4.78, 5) is 0. The van der Waals surface area contributed by atoms with Gasteiger partial charge in [0, 0.05) is 0 Å². The molecular weight excluding hydrogens is 214 g/mol. The van der Waals surface area contributed by atoms with Crippen LogP contribution in [0.4, 0.5) is 5.69 Å². The van der Waals surface area contributed by atoms with E-state index in [0.29, 0.717) is 6.54 Å². The lowest BCUT2D eigenvalue weighted by atomic mass is 10.3. The summed E-state index contributed by atoms with van der Waals surface area (Å²) in [5, 5.41) is 3.31. The molecule has 0 fully saturated rings. The van der Waals surface area contributed by atoms with Gasteiger partial charge in [0.05, 0.1) is 25.1 Å². The Bertz CT molecular complexity index is 437. The van der Waals surface area contributed by atoms with Crippen LogP contribution >= 0.6 is 0 Å². The SMILES string of the molecule is CCCOc1ccccc1NCc1ccco1. The molecule has 0 spiro atoms. The van der Waals surface area contributed by atoms with Crippen molar-refractivity contribution < 1.29 is 9.15 Å². The van der Waals surface area contributed by atoms with Crippen LogP contribution in [0.25, 0.3) is 0 Å². The lowest BCUT2D eigenvalue weighted by Crippen LogP contribution is -2.02. The summed E-state index contributed by atoms with van der Waals surface area (Å²) in [6, 6.07) is 11.8. The number of ether oxygens (including phenoxy) is 1. The summed E-state index contributed by atoms with van der Waals surface area (Å²) in [7, 11) is 0. The Morgan fingerprint density at radius 2 is 2.06 bits per heavy atom. The van der Waals surface area contributed by atoms with Gasteiger partial charge in [-0.15, -0.1) is 0 Å². The Labute approximate surface area is 101 Å². The van der Waals surface area contributed by atoms with Crippen molar-refractivity contribution in [3.05, 3.63) is 48.4 Å². The van der Waals surface area contributed by atoms with E-state index < -0.39 is 0 Å². The van der Waals surface area contributed by atoms with Gasteiger partial charge in [-0.1, -0.05) is 19.1 Å². The zero-order valence-corrected chi connectivity index (χ0v) is 9.98. The number of rotatable bonds is 6. The first kappa shape index (κ1) is 11.6. The topological polar surface area (TPSA) is 34.4 Å². The molecule has 0 amide bonds. The summed E-state index contributed by atoms with van der Waals surface area (Å²) >= 11 is 0. The molecule has 2 aromatic rings. The molecule has 1 heterocycles. The first-order chi connectivity index (χ1) is 8.40. The van der Waals surface area contributed by atoms with Crippen LogP contribution in [0.5, 0.6) is 5.75 Å². The monoisotopic (exact) mass is 231 g/mol. The second kappa shape index (κ2) is 5.99. The number of furan rings is 1. The highest BCUT2D eigenvalue weighted by atomic mass is 16.5. The molecule has 0 aliphatic heterocycles. The molecule has 1 aromatic carbocycles. The standard InChI is InChI=1S/C14H17NO2/c1-2-9-17-14-8-4-3-7-13(14)15-11-12-6-5-10-16-12/h3-8,10,15H,2,9,11H2,1H3. The summed E-state index contributed by atoms with van der Waals surface area (Å²) in [5.41, 5.74) is 0.998. The Morgan fingerprint density at radius 1 is 1.18 bits per heavy atom. The smallest absolute Gasteiger partial charge is 0.142 e. The van der Waals surface area contributed by atoms with Gasteiger partial charge in [0.2, 0.25) is 0 Å². The van der Waals surface area contributed by atoms with Gasteiger partial charge in [0.1, 0.15) is 11.5 Å². The van der Waals surface area contributed by atoms with E-state index in [1.165, 1.54) is 0 Å². The quantitative estimate of drug-likeness (QED) is 0.823. The maximum absolute atomic E-state index is 5.66. The fourth-order valence-corrected chi connectivity index (χ4v) is 1.55. The van der Waals surface area contributed by atoms with E-state index in [0.717, 1.165) is 30.2 Å². The van der Waals surface area contributed by atoms with Crippen molar-refractivity contribution in [3.8, 4) is 5.75 Å². The molecule has 2 rings (SSSR count). The highest BCUT2D eigenvalue weighted by Crippen LogP contribution is 2.24. The lowest BCUT2D eigenvalue weighted by Gasteiger charge is -2.11. The third-order valence-electron chi connectivity index (χ3n) is 2.38. The fourth-order valence-electron chi connectivity index (χ4n) is 1.55. The number of hydrogen-bond donors (Lipinski definition) is 1. The molecule has 3 nitrogen and oxygen atoms in total. The molecule has 0 radical (unpaired) electrons. The van der Waals surface area contributed by atoms with Gasteiger partial charge in [0.25, 0.3) is 0 Å². The van der Waals surface area contributed by atoms with Gasteiger partial charge in [-0.05, 0) is 30.7 Å². The molecule has 0 aliphatic carbocycles. The average Bonchev–Trinajstić information content (AvgIpc) is 2.88. The van der Waals surface area contributed by atoms with Crippen molar-refractivity contribution in [2.24, 2.45) is 0 Å². The van der Waals surface area contributed by atoms with Crippen molar-refractivity contribution >= 4 is 5.69 Å². The third kappa shape index (κ3) is 3.28. The van der Waals surface area contributed by atoms with Gasteiger partial charge >= 0.3 is 0 Å². The van der Waals surface area contributed by atoms with Crippen LogP contribution in [0.15, 0.2) is 47.1 Å². The summed E-state index contributed by atoms with van der Waals surface area (Å²) in [6.45, 7) is 3.50. The van der Waals surface area contributed by atoms with Gasteiger partial charge in [0.15, 0.2) is 0 Å². The highest BCUT2D eigenvalue weighted by molar-refractivity contribution is 5.56. The minimum atomic E-state index is 0.666. The van der Waals surface area contributed by atoms with Crippen LogP contribution in [0.2, 0.25) is 0 Å². The maximum atomic E-state index is 5.66. The zero-order chi connectivity index (χ0) is 11.9. The molecule has 0 aliphatic rings. The molecule has 3 heteroatoms. The average molecular weight is 231 g/mol. The van der Waals surface area contributed by atoms with Crippen LogP contribution in [0, 0.1) is 0 Å². The van der Waals surface area contributed by atoms with Crippen LogP contribution < -0.4 is 10.1 Å². The first-order valence-electron chi connectivity index (χ1n) is 5.88. The molecule has 1 aromatic heterocycles. The molecular formula is C14H17NO2. The second-order valence-electron chi connectivity index (χ2n) is 3.78. The van der Waals surface area contributed by atoms with E-state index in [1.54, 1.807) is 6.26 Å². The van der Waals surface area contributed by atoms with Crippen molar-refractivity contribution in [2.75, 3.05) is 11.9 Å². The largest absolute Gasteiger partial charge is 0.491 e. The number of benzene rings is 1. The van der Waals surface area contributed by atoms with E-state index in [9.17, 15) is 0 Å². The molecule has 0 atom stereocenters. The molecule has 0 bridgehead atoms. The number of hydrogen-bond acceptors (Lipinski definition) is 3. The Balaban J connectivity index is 1.99. The van der Waals surface area contributed by atoms with Crippen LogP contribution in [0.1, 0.15) is 19.1 Å². The number of anilines is 1. The van der Waals surface area contributed by atoms with E-state index in [4.69, 9.17) is 9.15 Å². The Kier molecular flexibility index (Phi) is 4.08. The van der Waals surface area contributed by atoms with Crippen molar-refractivity contribution in [1.82, 2.24) is 0 Å². The second-order valence-corrected chi connectivity index (χ2v) is 3.78. The van der Waals surface area contributed by atoms with Gasteiger partial charge < -0.3 is 14.5 Å². The van der Waals surface area contributed by atoms with Crippen molar-refractivity contribution in [3.63, 3.8) is 0 Å². The first-order valence-corrected chi connectivity index (χ1v) is 5.88. The van der Waals surface area contributed by atoms with Crippen molar-refractivity contribution in [1.29, 1.82) is 0 Å². The summed E-state index contributed by atoms with van der Waals surface area (Å²) in [5.74, 6) is 1.80. The van der Waals surface area contributed by atoms with Gasteiger partial charge in [-0.2, -0.15) is 0 Å². The Hall–Kier alpha value is -1.90. The molecule has 17 heavy (non-hydrogen) atoms. The van der Waals surface area contributed by atoms with Crippen molar-refractivity contribution in [2.45, 2.75) is 19.9 Å². The highest BCUT2D eigenvalue weighted by Gasteiger charge is 2.02. The van der Waals surface area contributed by atoms with Crippen LogP contribution in [0.3, 0.4) is 0 Å². The molecule has 0 saturated carbocycles. The summed E-state index contributed by atoms with van der Waals surface area (Å²) < 4.78 is 10.9. The van der Waals surface area contributed by atoms with E-state index in [-0.39, 0.29) is 0 Å². The molecule has 0 saturated heterocycles. The minimum Gasteiger partial charge on any atom is -0.491 e. The zero-order valence-electron chi connectivity index (χ0n) is 9.98. The predicted molar refractivity (Wildman–Crippen MR) is 68.3 cm³/mol. The maximum Gasteiger partial charge on any atom is 0.142 e. The predicted octanol–water partition coefficient (Wildman–Crippen LogP) is 3.68. The van der Waals surface area contributed by atoms with Crippen LogP contribution in [-0.4, -0.2) is 6.61 Å². The lowest BCUT2D eigenvalue weighted by molar-refractivity contribution is 0.318. The molecule has 90 valence electrons.